The Labute approximate surface area is 149 Å². The summed E-state index contributed by atoms with van der Waals surface area (Å²) in [5.41, 5.74) is 0.795. The highest BCUT2D eigenvalue weighted by molar-refractivity contribution is 7.90. The highest BCUT2D eigenvalue weighted by Gasteiger charge is 2.20. The van der Waals surface area contributed by atoms with Crippen LogP contribution in [0.15, 0.2) is 58.6 Å². The fourth-order valence-electron chi connectivity index (χ4n) is 2.19. The maximum absolute atomic E-state index is 13.2. The van der Waals surface area contributed by atoms with Gasteiger partial charge >= 0.3 is 0 Å². The molecule has 136 valence electrons. The molecule has 8 nitrogen and oxygen atoms in total. The van der Waals surface area contributed by atoms with Crippen LogP contribution in [0.2, 0.25) is 0 Å². The van der Waals surface area contributed by atoms with Gasteiger partial charge in [0.2, 0.25) is 19.9 Å². The Kier molecular flexibility index (Phi) is 4.38. The molecule has 11 heteroatoms. The van der Waals surface area contributed by atoms with Crippen LogP contribution in [0.25, 0.3) is 17.1 Å². The third-order valence-corrected chi connectivity index (χ3v) is 5.20. The summed E-state index contributed by atoms with van der Waals surface area (Å²) in [5.74, 6) is -0.311. The molecule has 26 heavy (non-hydrogen) atoms. The Balaban J connectivity index is 2.19. The lowest BCUT2D eigenvalue weighted by molar-refractivity contribution is 0.591. The quantitative estimate of drug-likeness (QED) is 0.705. The van der Waals surface area contributed by atoms with Crippen LogP contribution in [-0.2, 0) is 19.9 Å². The second-order valence-corrected chi connectivity index (χ2v) is 8.92. The zero-order chi connectivity index (χ0) is 19.1. The molecule has 1 heterocycles. The molecule has 0 saturated carbocycles. The van der Waals surface area contributed by atoms with Crippen molar-refractivity contribution in [2.75, 3.05) is 6.26 Å². The van der Waals surface area contributed by atoms with E-state index < -0.39 is 30.8 Å². The predicted molar refractivity (Wildman–Crippen MR) is 91.2 cm³/mol. The fraction of sp³-hybridized carbons (Fsp3) is 0.0667. The second-order valence-electron chi connectivity index (χ2n) is 5.45. The fourth-order valence-corrected chi connectivity index (χ4v) is 3.19. The molecule has 2 N–H and O–H groups in total. The van der Waals surface area contributed by atoms with Crippen molar-refractivity contribution in [3.63, 3.8) is 0 Å². The van der Waals surface area contributed by atoms with Gasteiger partial charge in [-0.1, -0.05) is 0 Å². The van der Waals surface area contributed by atoms with Crippen LogP contribution in [0, 0.1) is 5.82 Å². The first-order chi connectivity index (χ1) is 12.1. The first-order valence-electron chi connectivity index (χ1n) is 7.12. The summed E-state index contributed by atoms with van der Waals surface area (Å²) in [7, 11) is -7.56. The monoisotopic (exact) mass is 396 g/mol. The normalized spacial score (nSPS) is 12.3. The molecule has 0 spiro atoms. The lowest BCUT2D eigenvalue weighted by Crippen LogP contribution is -2.11. The smallest absolute Gasteiger partial charge is 0.225 e. The van der Waals surface area contributed by atoms with Crippen molar-refractivity contribution in [3.8, 4) is 17.1 Å². The van der Waals surface area contributed by atoms with E-state index in [9.17, 15) is 21.2 Å². The summed E-state index contributed by atoms with van der Waals surface area (Å²) >= 11 is 0. The molecule has 0 aliphatic carbocycles. The molecule has 0 aliphatic heterocycles. The van der Waals surface area contributed by atoms with Gasteiger partial charge in [0.15, 0.2) is 5.82 Å². The highest BCUT2D eigenvalue weighted by atomic mass is 32.2. The van der Waals surface area contributed by atoms with Gasteiger partial charge in [-0.05, 0) is 48.5 Å². The summed E-state index contributed by atoms with van der Waals surface area (Å²) < 4.78 is 60.8. The Hall–Kier alpha value is -2.63. The van der Waals surface area contributed by atoms with Crippen molar-refractivity contribution in [1.29, 1.82) is 0 Å². The Bertz CT molecular complexity index is 1170. The molecule has 2 aromatic carbocycles. The maximum atomic E-state index is 13.2. The van der Waals surface area contributed by atoms with E-state index in [0.717, 1.165) is 6.26 Å². The van der Waals surface area contributed by atoms with E-state index in [1.54, 1.807) is 0 Å². The molecule has 0 aliphatic rings. The van der Waals surface area contributed by atoms with E-state index in [4.69, 9.17) is 5.14 Å². The number of nitrogens with two attached hydrogens (primary N) is 1. The minimum absolute atomic E-state index is 0.0996. The number of hydrogen-bond acceptors (Lipinski definition) is 6. The molecule has 0 amide bonds. The molecule has 0 unspecified atom stereocenters. The first-order valence-corrected chi connectivity index (χ1v) is 10.6. The molecule has 3 rings (SSSR count). The van der Waals surface area contributed by atoms with Gasteiger partial charge in [-0.2, -0.15) is 4.98 Å². The van der Waals surface area contributed by atoms with E-state index in [1.165, 1.54) is 53.2 Å². The lowest BCUT2D eigenvalue weighted by Gasteiger charge is -2.06. The summed E-state index contributed by atoms with van der Waals surface area (Å²) in [6.07, 6.45) is 0.964. The van der Waals surface area contributed by atoms with Crippen molar-refractivity contribution < 1.29 is 21.2 Å². The van der Waals surface area contributed by atoms with Gasteiger partial charge in [0.1, 0.15) is 5.82 Å². The predicted octanol–water partition coefficient (Wildman–Crippen LogP) is 1.12. The van der Waals surface area contributed by atoms with Gasteiger partial charge in [-0.25, -0.2) is 31.0 Å². The lowest BCUT2D eigenvalue weighted by atomic mass is 10.2. The topological polar surface area (TPSA) is 125 Å². The van der Waals surface area contributed by atoms with E-state index in [2.05, 4.69) is 10.1 Å². The standard InChI is InChI=1S/C15H13FN4O4S2/c1-25(21,22)15-18-14(10-2-8-13(9-3-10)26(17,23)24)20(19-15)12-6-4-11(16)5-7-12/h2-9H,1H3,(H2,17,23,24). The van der Waals surface area contributed by atoms with Gasteiger partial charge in [0.05, 0.1) is 10.6 Å². The number of primary sulfonamides is 1. The minimum atomic E-state index is -3.87. The number of benzene rings is 2. The average Bonchev–Trinajstić information content (AvgIpc) is 3.00. The van der Waals surface area contributed by atoms with Crippen molar-refractivity contribution in [2.24, 2.45) is 5.14 Å². The summed E-state index contributed by atoms with van der Waals surface area (Å²) in [6.45, 7) is 0. The molecule has 0 atom stereocenters. The van der Waals surface area contributed by atoms with Crippen LogP contribution in [-0.4, -0.2) is 37.9 Å². The van der Waals surface area contributed by atoms with Crippen molar-refractivity contribution >= 4 is 19.9 Å². The van der Waals surface area contributed by atoms with Crippen LogP contribution in [0.4, 0.5) is 4.39 Å². The maximum Gasteiger partial charge on any atom is 0.267 e. The van der Waals surface area contributed by atoms with E-state index in [-0.39, 0.29) is 10.7 Å². The Morgan fingerprint density at radius 2 is 1.54 bits per heavy atom. The minimum Gasteiger partial charge on any atom is -0.225 e. The number of aromatic nitrogens is 3. The molecule has 0 radical (unpaired) electrons. The molecule has 0 saturated heterocycles. The van der Waals surface area contributed by atoms with Gasteiger partial charge < -0.3 is 0 Å². The third kappa shape index (κ3) is 3.64. The zero-order valence-electron chi connectivity index (χ0n) is 13.4. The van der Waals surface area contributed by atoms with Crippen LogP contribution >= 0.6 is 0 Å². The van der Waals surface area contributed by atoms with E-state index >= 15 is 0 Å². The van der Waals surface area contributed by atoms with Crippen molar-refractivity contribution in [3.05, 3.63) is 54.3 Å². The average molecular weight is 396 g/mol. The number of halogens is 1. The van der Waals surface area contributed by atoms with Crippen LogP contribution in [0.3, 0.4) is 0 Å². The summed E-state index contributed by atoms with van der Waals surface area (Å²) in [4.78, 5) is 3.93. The van der Waals surface area contributed by atoms with E-state index in [1.807, 2.05) is 0 Å². The first kappa shape index (κ1) is 18.2. The summed E-state index contributed by atoms with van der Waals surface area (Å²) in [6, 6.07) is 10.6. The highest BCUT2D eigenvalue weighted by Crippen LogP contribution is 2.24. The molecule has 3 aromatic rings. The number of sulfone groups is 1. The molecular weight excluding hydrogens is 383 g/mol. The molecular formula is C15H13FN4O4S2. The van der Waals surface area contributed by atoms with Crippen molar-refractivity contribution in [2.45, 2.75) is 10.1 Å². The Morgan fingerprint density at radius 1 is 0.962 bits per heavy atom. The second kappa shape index (κ2) is 6.27. The summed E-state index contributed by atoms with van der Waals surface area (Å²) in [5, 5.41) is 8.64. The van der Waals surface area contributed by atoms with Crippen molar-refractivity contribution in [1.82, 2.24) is 14.8 Å². The van der Waals surface area contributed by atoms with Crippen LogP contribution in [0.5, 0.6) is 0 Å². The van der Waals surface area contributed by atoms with Gasteiger partial charge in [0, 0.05) is 11.8 Å². The van der Waals surface area contributed by atoms with Gasteiger partial charge in [0.25, 0.3) is 5.16 Å². The van der Waals surface area contributed by atoms with Gasteiger partial charge in [-0.3, -0.25) is 0 Å². The number of sulfonamides is 1. The zero-order valence-corrected chi connectivity index (χ0v) is 15.0. The van der Waals surface area contributed by atoms with E-state index in [0.29, 0.717) is 11.3 Å². The number of hydrogen-bond donors (Lipinski definition) is 1. The molecule has 1 aromatic heterocycles. The third-order valence-electron chi connectivity index (χ3n) is 3.43. The van der Waals surface area contributed by atoms with Gasteiger partial charge in [-0.15, -0.1) is 5.10 Å². The molecule has 0 fully saturated rings. The largest absolute Gasteiger partial charge is 0.267 e. The van der Waals surface area contributed by atoms with Crippen LogP contribution < -0.4 is 5.14 Å². The number of rotatable bonds is 4. The Morgan fingerprint density at radius 3 is 2.04 bits per heavy atom. The number of nitrogens with zero attached hydrogens (tertiary/aromatic N) is 3. The molecule has 0 bridgehead atoms. The van der Waals surface area contributed by atoms with Crippen LogP contribution in [0.1, 0.15) is 0 Å². The SMILES string of the molecule is CS(=O)(=O)c1nc(-c2ccc(S(N)(=O)=O)cc2)n(-c2ccc(F)cc2)n1.